The number of carbonyl (C=O) groups excluding carboxylic acids is 2. The fourth-order valence-corrected chi connectivity index (χ4v) is 2.23. The van der Waals surface area contributed by atoms with Gasteiger partial charge in [-0.1, -0.05) is 24.3 Å². The Morgan fingerprint density at radius 1 is 1.20 bits per heavy atom. The zero-order valence-corrected chi connectivity index (χ0v) is 12.5. The molecule has 4 nitrogen and oxygen atoms in total. The second-order valence-corrected chi connectivity index (χ2v) is 5.83. The van der Waals surface area contributed by atoms with Gasteiger partial charge in [-0.05, 0) is 32.3 Å². The lowest BCUT2D eigenvalue weighted by Crippen LogP contribution is -2.40. The summed E-state index contributed by atoms with van der Waals surface area (Å²) in [7, 11) is 3.06. The maximum absolute atomic E-state index is 12.3. The summed E-state index contributed by atoms with van der Waals surface area (Å²) in [6.07, 6.45) is 2.01. The predicted octanol–water partition coefficient (Wildman–Crippen LogP) is 2.58. The van der Waals surface area contributed by atoms with E-state index in [1.165, 1.54) is 12.2 Å². The third-order valence-electron chi connectivity index (χ3n) is 3.93. The van der Waals surface area contributed by atoms with E-state index >= 15 is 0 Å². The van der Waals surface area contributed by atoms with Crippen LogP contribution >= 0.6 is 0 Å². The first-order valence-electron chi connectivity index (χ1n) is 6.85. The quantitative estimate of drug-likeness (QED) is 0.613. The van der Waals surface area contributed by atoms with Crippen LogP contribution in [0.1, 0.15) is 42.6 Å². The van der Waals surface area contributed by atoms with Crippen molar-refractivity contribution in [1.29, 1.82) is 0 Å². The fourth-order valence-electron chi connectivity index (χ4n) is 2.23. The Labute approximate surface area is 119 Å². The van der Waals surface area contributed by atoms with Crippen molar-refractivity contribution >= 4 is 11.7 Å². The zero-order chi connectivity index (χ0) is 14.9. The molecule has 108 valence electrons. The number of Topliss-reactive ketones (excluding diaryl/α,β-unsaturated/α-hetero) is 1. The van der Waals surface area contributed by atoms with Crippen molar-refractivity contribution in [2.75, 3.05) is 14.2 Å². The molecule has 0 unspecified atom stereocenters. The van der Waals surface area contributed by atoms with Gasteiger partial charge in [-0.15, -0.1) is 0 Å². The number of rotatable bonds is 5. The second-order valence-electron chi connectivity index (χ2n) is 5.83. The summed E-state index contributed by atoms with van der Waals surface area (Å²) in [5.74, 6) is 0.311. The SMILES string of the molecule is CON(C)C(=O)C(C)(C)c1ccc(C(=O)C2CC2)cc1. The maximum Gasteiger partial charge on any atom is 0.255 e. The summed E-state index contributed by atoms with van der Waals surface area (Å²) >= 11 is 0. The van der Waals surface area contributed by atoms with Crippen LogP contribution < -0.4 is 0 Å². The Kier molecular flexibility index (Phi) is 3.95. The van der Waals surface area contributed by atoms with E-state index in [0.29, 0.717) is 0 Å². The molecule has 1 fully saturated rings. The van der Waals surface area contributed by atoms with Crippen molar-refractivity contribution < 1.29 is 14.4 Å². The van der Waals surface area contributed by atoms with Crippen LogP contribution in [0, 0.1) is 5.92 Å². The van der Waals surface area contributed by atoms with Crippen molar-refractivity contribution in [2.45, 2.75) is 32.1 Å². The lowest BCUT2D eigenvalue weighted by molar-refractivity contribution is -0.174. The molecule has 1 aliphatic rings. The molecular weight excluding hydrogens is 254 g/mol. The molecule has 0 N–H and O–H groups in total. The zero-order valence-electron chi connectivity index (χ0n) is 12.5. The summed E-state index contributed by atoms with van der Waals surface area (Å²) in [6.45, 7) is 3.70. The molecule has 4 heteroatoms. The van der Waals surface area contributed by atoms with Crippen LogP contribution in [-0.4, -0.2) is 30.9 Å². The maximum atomic E-state index is 12.3. The summed E-state index contributed by atoms with van der Waals surface area (Å²) in [5, 5.41) is 1.23. The predicted molar refractivity (Wildman–Crippen MR) is 76.3 cm³/mol. The van der Waals surface area contributed by atoms with Gasteiger partial charge in [-0.2, -0.15) is 0 Å². The van der Waals surface area contributed by atoms with Crippen LogP contribution in [0.25, 0.3) is 0 Å². The Balaban J connectivity index is 2.19. The van der Waals surface area contributed by atoms with Crippen LogP contribution in [0.15, 0.2) is 24.3 Å². The number of hydrogen-bond acceptors (Lipinski definition) is 3. The Morgan fingerprint density at radius 3 is 2.20 bits per heavy atom. The topological polar surface area (TPSA) is 46.6 Å². The average Bonchev–Trinajstić information content (AvgIpc) is 3.29. The summed E-state index contributed by atoms with van der Waals surface area (Å²) < 4.78 is 0. The Hall–Kier alpha value is -1.68. The highest BCUT2D eigenvalue weighted by Crippen LogP contribution is 2.33. The van der Waals surface area contributed by atoms with E-state index in [4.69, 9.17) is 4.84 Å². The molecule has 1 saturated carbocycles. The van der Waals surface area contributed by atoms with Gasteiger partial charge in [0.05, 0.1) is 12.5 Å². The number of amides is 1. The summed E-state index contributed by atoms with van der Waals surface area (Å²) in [6, 6.07) is 7.35. The third-order valence-corrected chi connectivity index (χ3v) is 3.93. The number of nitrogens with zero attached hydrogens (tertiary/aromatic N) is 1. The lowest BCUT2D eigenvalue weighted by Gasteiger charge is -2.28. The number of hydrogen-bond donors (Lipinski definition) is 0. The number of hydroxylamine groups is 2. The molecule has 0 aromatic heterocycles. The van der Waals surface area contributed by atoms with Gasteiger partial charge in [0.15, 0.2) is 5.78 Å². The standard InChI is InChI=1S/C16H21NO3/c1-16(2,15(19)17(3)20-4)13-9-7-12(8-10-13)14(18)11-5-6-11/h7-11H,5-6H2,1-4H3. The van der Waals surface area contributed by atoms with E-state index in [1.54, 1.807) is 7.05 Å². The number of carbonyl (C=O) groups is 2. The lowest BCUT2D eigenvalue weighted by atomic mass is 9.83. The minimum absolute atomic E-state index is 0.124. The highest BCUT2D eigenvalue weighted by atomic mass is 16.7. The summed E-state index contributed by atoms with van der Waals surface area (Å²) in [4.78, 5) is 29.2. The van der Waals surface area contributed by atoms with Gasteiger partial charge in [-0.3, -0.25) is 14.4 Å². The van der Waals surface area contributed by atoms with Gasteiger partial charge in [0.2, 0.25) is 0 Å². The molecule has 0 aliphatic heterocycles. The largest absolute Gasteiger partial charge is 0.294 e. The number of likely N-dealkylation sites (N-methyl/N-ethyl adjacent to an activating group) is 1. The molecule has 1 aliphatic carbocycles. The molecule has 1 aromatic carbocycles. The Morgan fingerprint density at radius 2 is 1.75 bits per heavy atom. The fraction of sp³-hybridized carbons (Fsp3) is 0.500. The normalized spacial score (nSPS) is 15.0. The van der Waals surface area contributed by atoms with Gasteiger partial charge >= 0.3 is 0 Å². The monoisotopic (exact) mass is 275 g/mol. The van der Waals surface area contributed by atoms with E-state index in [2.05, 4.69) is 0 Å². The van der Waals surface area contributed by atoms with E-state index < -0.39 is 5.41 Å². The number of benzene rings is 1. The Bertz CT molecular complexity index is 515. The van der Waals surface area contributed by atoms with Crippen LogP contribution in [-0.2, 0) is 15.0 Å². The first-order chi connectivity index (χ1) is 9.37. The van der Waals surface area contributed by atoms with Crippen molar-refractivity contribution in [3.8, 4) is 0 Å². The molecule has 1 aromatic rings. The molecule has 2 rings (SSSR count). The highest BCUT2D eigenvalue weighted by molar-refractivity contribution is 5.99. The molecule has 0 heterocycles. The first-order valence-corrected chi connectivity index (χ1v) is 6.85. The molecular formula is C16H21NO3. The van der Waals surface area contributed by atoms with Crippen molar-refractivity contribution in [1.82, 2.24) is 5.06 Å². The minimum Gasteiger partial charge on any atom is -0.294 e. The van der Waals surface area contributed by atoms with Crippen molar-refractivity contribution in [3.63, 3.8) is 0 Å². The van der Waals surface area contributed by atoms with E-state index in [0.717, 1.165) is 24.0 Å². The summed E-state index contributed by atoms with van der Waals surface area (Å²) in [5.41, 5.74) is 0.921. The second kappa shape index (κ2) is 5.37. The van der Waals surface area contributed by atoms with Crippen LogP contribution in [0.2, 0.25) is 0 Å². The molecule has 20 heavy (non-hydrogen) atoms. The molecule has 0 bridgehead atoms. The molecule has 0 atom stereocenters. The van der Waals surface area contributed by atoms with Gasteiger partial charge < -0.3 is 0 Å². The molecule has 0 radical (unpaired) electrons. The van der Waals surface area contributed by atoms with E-state index in [-0.39, 0.29) is 17.6 Å². The van der Waals surface area contributed by atoms with Gasteiger partial charge in [0.25, 0.3) is 5.91 Å². The molecule has 1 amide bonds. The van der Waals surface area contributed by atoms with Crippen LogP contribution in [0.5, 0.6) is 0 Å². The highest BCUT2D eigenvalue weighted by Gasteiger charge is 2.34. The van der Waals surface area contributed by atoms with Gasteiger partial charge in [0, 0.05) is 18.5 Å². The number of ketones is 1. The first kappa shape index (κ1) is 14.7. The molecule has 0 saturated heterocycles. The minimum atomic E-state index is -0.689. The van der Waals surface area contributed by atoms with Crippen LogP contribution in [0.3, 0.4) is 0 Å². The van der Waals surface area contributed by atoms with Crippen LogP contribution in [0.4, 0.5) is 0 Å². The van der Waals surface area contributed by atoms with Crippen molar-refractivity contribution in [3.05, 3.63) is 35.4 Å². The third kappa shape index (κ3) is 2.75. The average molecular weight is 275 g/mol. The molecule has 0 spiro atoms. The smallest absolute Gasteiger partial charge is 0.255 e. The van der Waals surface area contributed by atoms with Crippen molar-refractivity contribution in [2.24, 2.45) is 5.92 Å². The van der Waals surface area contributed by atoms with E-state index in [9.17, 15) is 9.59 Å². The van der Waals surface area contributed by atoms with Gasteiger partial charge in [0.1, 0.15) is 0 Å². The van der Waals surface area contributed by atoms with E-state index in [1.807, 2.05) is 38.1 Å². The van der Waals surface area contributed by atoms with Gasteiger partial charge in [-0.25, -0.2) is 5.06 Å².